The van der Waals surface area contributed by atoms with Crippen LogP contribution in [-0.2, 0) is 6.42 Å². The molecular formula is C24H38N2O. The zero-order chi connectivity index (χ0) is 19.2. The first kappa shape index (κ1) is 19.3. The van der Waals surface area contributed by atoms with Gasteiger partial charge in [-0.25, -0.2) is 0 Å². The van der Waals surface area contributed by atoms with Gasteiger partial charge in [-0.15, -0.1) is 0 Å². The number of likely N-dealkylation sites (N-methyl/N-ethyl adjacent to an activating group) is 2. The van der Waals surface area contributed by atoms with E-state index in [4.69, 9.17) is 4.74 Å². The molecule has 0 bridgehead atoms. The normalized spacial score (nSPS) is 35.1. The van der Waals surface area contributed by atoms with Crippen LogP contribution < -0.4 is 4.74 Å². The highest BCUT2D eigenvalue weighted by Gasteiger charge is 2.55. The molecule has 0 spiro atoms. The standard InChI is InChI=1S/C24H38N2O/c1-24-13-12-20-19-9-7-18(27-5)16-17(19)6-8-21(20)22(24)10-11-23(24)26(4)15-14-25(2)3/h7,9,16,20-23H,6,8,10-15H2,1-5H3/t20-,21-,22+,23+,24+/m1/s1. The number of nitrogens with zero attached hydrogens (tertiary/aromatic N) is 2. The minimum absolute atomic E-state index is 0.506. The fraction of sp³-hybridized carbons (Fsp3) is 0.750. The lowest BCUT2D eigenvalue weighted by molar-refractivity contribution is 0.00634. The van der Waals surface area contributed by atoms with Crippen molar-refractivity contribution in [2.45, 2.75) is 57.4 Å². The number of hydrogen-bond donors (Lipinski definition) is 0. The molecule has 0 amide bonds. The summed E-state index contributed by atoms with van der Waals surface area (Å²) in [6, 6.07) is 7.62. The van der Waals surface area contributed by atoms with Crippen LogP contribution in [0.2, 0.25) is 0 Å². The molecule has 3 aliphatic rings. The Morgan fingerprint density at radius 2 is 1.89 bits per heavy atom. The van der Waals surface area contributed by atoms with Crippen molar-refractivity contribution in [1.82, 2.24) is 9.80 Å². The van der Waals surface area contributed by atoms with Crippen molar-refractivity contribution in [1.29, 1.82) is 0 Å². The summed E-state index contributed by atoms with van der Waals surface area (Å²) in [5.74, 6) is 3.59. The van der Waals surface area contributed by atoms with Crippen molar-refractivity contribution in [2.24, 2.45) is 17.3 Å². The smallest absolute Gasteiger partial charge is 0.119 e. The SMILES string of the molecule is COc1ccc2c(c1)CC[C@@H]1[C@@H]2CC[C@]2(C)[C@@H](N(C)CCN(C)C)CC[C@@H]12. The van der Waals surface area contributed by atoms with E-state index in [9.17, 15) is 0 Å². The zero-order valence-corrected chi connectivity index (χ0v) is 18.0. The van der Waals surface area contributed by atoms with Gasteiger partial charge in [-0.1, -0.05) is 13.0 Å². The Kier molecular flexibility index (Phi) is 5.28. The molecule has 0 aromatic heterocycles. The summed E-state index contributed by atoms with van der Waals surface area (Å²) in [6.45, 7) is 4.98. The van der Waals surface area contributed by atoms with Crippen LogP contribution in [0, 0.1) is 17.3 Å². The molecule has 3 aliphatic carbocycles. The van der Waals surface area contributed by atoms with Crippen molar-refractivity contribution in [3.8, 4) is 5.75 Å². The number of methoxy groups -OCH3 is 1. The molecule has 0 radical (unpaired) electrons. The van der Waals surface area contributed by atoms with E-state index in [2.05, 4.69) is 56.1 Å². The Labute approximate surface area is 166 Å². The summed E-state index contributed by atoms with van der Waals surface area (Å²) in [5, 5.41) is 0. The average Bonchev–Trinajstić information content (AvgIpc) is 3.02. The van der Waals surface area contributed by atoms with Crippen molar-refractivity contribution in [3.05, 3.63) is 29.3 Å². The van der Waals surface area contributed by atoms with Gasteiger partial charge in [0.2, 0.25) is 0 Å². The molecule has 0 saturated heterocycles. The average molecular weight is 371 g/mol. The first-order chi connectivity index (χ1) is 12.9. The summed E-state index contributed by atoms with van der Waals surface area (Å²) in [5.41, 5.74) is 3.70. The molecule has 4 rings (SSSR count). The highest BCUT2D eigenvalue weighted by atomic mass is 16.5. The van der Waals surface area contributed by atoms with Crippen LogP contribution in [-0.4, -0.2) is 57.2 Å². The molecule has 3 heteroatoms. The van der Waals surface area contributed by atoms with Crippen molar-refractivity contribution in [2.75, 3.05) is 41.3 Å². The van der Waals surface area contributed by atoms with Gasteiger partial charge in [0.1, 0.15) is 5.75 Å². The van der Waals surface area contributed by atoms with Gasteiger partial charge in [-0.2, -0.15) is 0 Å². The van der Waals surface area contributed by atoms with E-state index in [-0.39, 0.29) is 0 Å². The first-order valence-corrected chi connectivity index (χ1v) is 11.0. The van der Waals surface area contributed by atoms with E-state index in [0.717, 1.165) is 36.1 Å². The molecule has 1 aromatic rings. The lowest BCUT2D eigenvalue weighted by atomic mass is 9.55. The fourth-order valence-electron chi connectivity index (χ4n) is 6.90. The van der Waals surface area contributed by atoms with E-state index in [0.29, 0.717) is 5.41 Å². The summed E-state index contributed by atoms with van der Waals surface area (Å²) in [6.07, 6.45) is 8.20. The maximum Gasteiger partial charge on any atom is 0.119 e. The van der Waals surface area contributed by atoms with Crippen LogP contribution in [0.25, 0.3) is 0 Å². The Balaban J connectivity index is 1.53. The number of ether oxygens (including phenoxy) is 1. The molecule has 0 aliphatic heterocycles. The summed E-state index contributed by atoms with van der Waals surface area (Å²) in [4.78, 5) is 5.00. The van der Waals surface area contributed by atoms with Crippen molar-refractivity contribution < 1.29 is 4.74 Å². The van der Waals surface area contributed by atoms with Gasteiger partial charge in [-0.05, 0) is 106 Å². The minimum Gasteiger partial charge on any atom is -0.497 e. The summed E-state index contributed by atoms with van der Waals surface area (Å²) in [7, 11) is 8.53. The number of hydrogen-bond acceptors (Lipinski definition) is 3. The van der Waals surface area contributed by atoms with Crippen LogP contribution in [0.1, 0.15) is 56.1 Å². The van der Waals surface area contributed by atoms with Gasteiger partial charge in [0.15, 0.2) is 0 Å². The highest BCUT2D eigenvalue weighted by molar-refractivity contribution is 5.40. The van der Waals surface area contributed by atoms with E-state index in [1.54, 1.807) is 18.2 Å². The predicted molar refractivity (Wildman–Crippen MR) is 113 cm³/mol. The quantitative estimate of drug-likeness (QED) is 0.763. The zero-order valence-electron chi connectivity index (χ0n) is 18.0. The summed E-state index contributed by atoms with van der Waals surface area (Å²) >= 11 is 0. The lowest BCUT2D eigenvalue weighted by Crippen LogP contribution is -2.50. The minimum atomic E-state index is 0.506. The van der Waals surface area contributed by atoms with Gasteiger partial charge in [0.25, 0.3) is 0 Å². The molecule has 0 heterocycles. The molecule has 3 nitrogen and oxygen atoms in total. The predicted octanol–water partition coefficient (Wildman–Crippen LogP) is 4.41. The third-order valence-corrected chi connectivity index (χ3v) is 8.32. The Hall–Kier alpha value is -1.06. The summed E-state index contributed by atoms with van der Waals surface area (Å²) < 4.78 is 5.47. The van der Waals surface area contributed by atoms with Crippen LogP contribution >= 0.6 is 0 Å². The van der Waals surface area contributed by atoms with E-state index in [1.807, 2.05) is 0 Å². The van der Waals surface area contributed by atoms with E-state index < -0.39 is 0 Å². The third-order valence-electron chi connectivity index (χ3n) is 8.32. The monoisotopic (exact) mass is 370 g/mol. The van der Waals surface area contributed by atoms with Gasteiger partial charge < -0.3 is 14.5 Å². The number of fused-ring (bicyclic) bond motifs is 5. The van der Waals surface area contributed by atoms with Crippen molar-refractivity contribution in [3.63, 3.8) is 0 Å². The van der Waals surface area contributed by atoms with Crippen LogP contribution in [0.5, 0.6) is 5.75 Å². The van der Waals surface area contributed by atoms with E-state index in [1.165, 1.54) is 45.1 Å². The van der Waals surface area contributed by atoms with Crippen LogP contribution in [0.15, 0.2) is 18.2 Å². The second kappa shape index (κ2) is 7.40. The molecule has 2 saturated carbocycles. The maximum absolute atomic E-state index is 5.47. The fourth-order valence-corrected chi connectivity index (χ4v) is 6.90. The molecule has 150 valence electrons. The number of rotatable bonds is 5. The largest absolute Gasteiger partial charge is 0.497 e. The number of aryl methyl sites for hydroxylation is 1. The number of benzene rings is 1. The molecule has 0 unspecified atom stereocenters. The van der Waals surface area contributed by atoms with Gasteiger partial charge >= 0.3 is 0 Å². The molecule has 5 atom stereocenters. The van der Waals surface area contributed by atoms with Gasteiger partial charge in [0, 0.05) is 19.1 Å². The second-order valence-electron chi connectivity index (χ2n) is 9.90. The van der Waals surface area contributed by atoms with Crippen molar-refractivity contribution >= 4 is 0 Å². The molecule has 0 N–H and O–H groups in total. The Morgan fingerprint density at radius 3 is 2.63 bits per heavy atom. The molecular weight excluding hydrogens is 332 g/mol. The van der Waals surface area contributed by atoms with Crippen LogP contribution in [0.4, 0.5) is 0 Å². The lowest BCUT2D eigenvalue weighted by Gasteiger charge is -2.52. The molecule has 1 aromatic carbocycles. The van der Waals surface area contributed by atoms with Gasteiger partial charge in [0.05, 0.1) is 7.11 Å². The van der Waals surface area contributed by atoms with E-state index >= 15 is 0 Å². The Bertz CT molecular complexity index is 672. The first-order valence-electron chi connectivity index (χ1n) is 11.0. The van der Waals surface area contributed by atoms with Crippen LogP contribution in [0.3, 0.4) is 0 Å². The topological polar surface area (TPSA) is 15.7 Å². The molecule has 27 heavy (non-hydrogen) atoms. The van der Waals surface area contributed by atoms with Gasteiger partial charge in [-0.3, -0.25) is 0 Å². The third kappa shape index (κ3) is 3.31. The molecule has 2 fully saturated rings. The second-order valence-corrected chi connectivity index (χ2v) is 9.90. The Morgan fingerprint density at radius 1 is 1.07 bits per heavy atom. The highest BCUT2D eigenvalue weighted by Crippen LogP contribution is 2.61. The maximum atomic E-state index is 5.47.